The molecule has 0 aromatic heterocycles. The molecule has 2 aromatic rings. The summed E-state index contributed by atoms with van der Waals surface area (Å²) in [7, 11) is 2.25. The predicted molar refractivity (Wildman–Crippen MR) is 81.4 cm³/mol. The Morgan fingerprint density at radius 2 is 1.95 bits per heavy atom. The van der Waals surface area contributed by atoms with Crippen molar-refractivity contribution in [3.63, 3.8) is 0 Å². The summed E-state index contributed by atoms with van der Waals surface area (Å²) in [6.07, 6.45) is 1.26. The quantitative estimate of drug-likeness (QED) is 0.905. The molecule has 3 rings (SSSR count). The lowest BCUT2D eigenvalue weighted by molar-refractivity contribution is 0.197. The molecule has 1 fully saturated rings. The minimum absolute atomic E-state index is 0.467. The van der Waals surface area contributed by atoms with Crippen molar-refractivity contribution in [3.8, 4) is 0 Å². The maximum Gasteiger partial charge on any atom is 0.0320 e. The molecule has 1 N–H and O–H groups in total. The van der Waals surface area contributed by atoms with Crippen LogP contribution in [-0.2, 0) is 0 Å². The van der Waals surface area contributed by atoms with Crippen LogP contribution in [0.3, 0.4) is 0 Å². The highest BCUT2D eigenvalue weighted by atomic mass is 15.2. The third kappa shape index (κ3) is 2.51. The summed E-state index contributed by atoms with van der Waals surface area (Å²) in [5, 5.41) is 6.11. The summed E-state index contributed by atoms with van der Waals surface area (Å²) in [5.74, 6) is 0. The first-order valence-electron chi connectivity index (χ1n) is 7.17. The molecule has 0 spiro atoms. The normalized spacial score (nSPS) is 21.1. The minimum Gasteiger partial charge on any atom is -0.315 e. The summed E-state index contributed by atoms with van der Waals surface area (Å²) in [6.45, 7) is 4.58. The van der Waals surface area contributed by atoms with Gasteiger partial charge in [-0.3, -0.25) is 4.90 Å². The van der Waals surface area contributed by atoms with E-state index >= 15 is 0 Å². The van der Waals surface area contributed by atoms with Crippen LogP contribution in [0, 0.1) is 0 Å². The van der Waals surface area contributed by atoms with Gasteiger partial charge in [-0.15, -0.1) is 0 Å². The Morgan fingerprint density at radius 1 is 1.16 bits per heavy atom. The monoisotopic (exact) mass is 254 g/mol. The summed E-state index contributed by atoms with van der Waals surface area (Å²) in [4.78, 5) is 2.50. The highest BCUT2D eigenvalue weighted by molar-refractivity contribution is 5.83. The minimum atomic E-state index is 0.467. The molecule has 1 aliphatic heterocycles. The van der Waals surface area contributed by atoms with E-state index in [1.807, 2.05) is 0 Å². The van der Waals surface area contributed by atoms with Gasteiger partial charge in [0.2, 0.25) is 0 Å². The van der Waals surface area contributed by atoms with Gasteiger partial charge in [0.15, 0.2) is 0 Å². The second-order valence-corrected chi connectivity index (χ2v) is 5.59. The van der Waals surface area contributed by atoms with Gasteiger partial charge in [-0.05, 0) is 49.3 Å². The first-order valence-corrected chi connectivity index (χ1v) is 7.17. The largest absolute Gasteiger partial charge is 0.315 e. The van der Waals surface area contributed by atoms with Crippen LogP contribution in [0.25, 0.3) is 10.8 Å². The standard InChI is InChI=1S/C17H22N2/c1-13(19(2)17-9-10-18-12-17)15-8-7-14-5-3-4-6-16(14)11-15/h3-8,11,13,17-18H,9-10,12H2,1-2H3. The zero-order valence-electron chi connectivity index (χ0n) is 11.8. The van der Waals surface area contributed by atoms with Crippen LogP contribution in [0.1, 0.15) is 24.9 Å². The fourth-order valence-electron chi connectivity index (χ4n) is 3.01. The molecular formula is C17H22N2. The molecular weight excluding hydrogens is 232 g/mol. The zero-order valence-corrected chi connectivity index (χ0v) is 11.8. The second kappa shape index (κ2) is 5.32. The van der Waals surface area contributed by atoms with Crippen molar-refractivity contribution in [2.24, 2.45) is 0 Å². The van der Waals surface area contributed by atoms with Gasteiger partial charge in [-0.2, -0.15) is 0 Å². The molecule has 2 aromatic carbocycles. The van der Waals surface area contributed by atoms with E-state index in [1.165, 1.54) is 22.8 Å². The van der Waals surface area contributed by atoms with Crippen LogP contribution < -0.4 is 5.32 Å². The van der Waals surface area contributed by atoms with Gasteiger partial charge in [0, 0.05) is 18.6 Å². The molecule has 1 saturated heterocycles. The number of fused-ring (bicyclic) bond motifs is 1. The molecule has 0 aliphatic carbocycles. The lowest BCUT2D eigenvalue weighted by Gasteiger charge is -2.30. The van der Waals surface area contributed by atoms with E-state index < -0.39 is 0 Å². The van der Waals surface area contributed by atoms with Crippen molar-refractivity contribution in [2.45, 2.75) is 25.4 Å². The summed E-state index contributed by atoms with van der Waals surface area (Å²) in [6, 6.07) is 16.6. The molecule has 1 aliphatic rings. The van der Waals surface area contributed by atoms with Gasteiger partial charge in [-0.1, -0.05) is 36.4 Å². The zero-order chi connectivity index (χ0) is 13.2. The smallest absolute Gasteiger partial charge is 0.0320 e. The average Bonchev–Trinajstić information content (AvgIpc) is 2.99. The first kappa shape index (κ1) is 12.6. The highest BCUT2D eigenvalue weighted by Gasteiger charge is 2.23. The van der Waals surface area contributed by atoms with E-state index in [0.717, 1.165) is 13.1 Å². The highest BCUT2D eigenvalue weighted by Crippen LogP contribution is 2.26. The molecule has 2 nitrogen and oxygen atoms in total. The molecule has 0 bridgehead atoms. The third-order valence-electron chi connectivity index (χ3n) is 4.48. The van der Waals surface area contributed by atoms with Gasteiger partial charge in [0.05, 0.1) is 0 Å². The van der Waals surface area contributed by atoms with Crippen molar-refractivity contribution in [1.82, 2.24) is 10.2 Å². The van der Waals surface area contributed by atoms with Crippen LogP contribution in [-0.4, -0.2) is 31.1 Å². The molecule has 0 amide bonds. The molecule has 0 saturated carbocycles. The summed E-state index contributed by atoms with van der Waals surface area (Å²) in [5.41, 5.74) is 1.41. The van der Waals surface area contributed by atoms with E-state index in [4.69, 9.17) is 0 Å². The van der Waals surface area contributed by atoms with Crippen molar-refractivity contribution in [2.75, 3.05) is 20.1 Å². The van der Waals surface area contributed by atoms with Gasteiger partial charge in [0.1, 0.15) is 0 Å². The van der Waals surface area contributed by atoms with E-state index in [0.29, 0.717) is 12.1 Å². The SMILES string of the molecule is CC(c1ccc2ccccc2c1)N(C)C1CCNC1. The lowest BCUT2D eigenvalue weighted by atomic mass is 10.0. The van der Waals surface area contributed by atoms with Gasteiger partial charge < -0.3 is 5.32 Å². The fourth-order valence-corrected chi connectivity index (χ4v) is 3.01. The Kier molecular flexibility index (Phi) is 3.54. The Bertz CT molecular complexity index is 558. The molecule has 100 valence electrons. The van der Waals surface area contributed by atoms with Crippen molar-refractivity contribution >= 4 is 10.8 Å². The van der Waals surface area contributed by atoms with Gasteiger partial charge in [0.25, 0.3) is 0 Å². The number of nitrogens with one attached hydrogen (secondary N) is 1. The molecule has 2 unspecified atom stereocenters. The lowest BCUT2D eigenvalue weighted by Crippen LogP contribution is -2.35. The Balaban J connectivity index is 1.86. The first-order chi connectivity index (χ1) is 9.25. The Morgan fingerprint density at radius 3 is 2.68 bits per heavy atom. The number of hydrogen-bond acceptors (Lipinski definition) is 2. The molecule has 0 radical (unpaired) electrons. The Labute approximate surface area is 115 Å². The third-order valence-corrected chi connectivity index (χ3v) is 4.48. The second-order valence-electron chi connectivity index (χ2n) is 5.59. The number of hydrogen-bond donors (Lipinski definition) is 1. The molecule has 2 heteroatoms. The van der Waals surface area contributed by atoms with Gasteiger partial charge >= 0.3 is 0 Å². The van der Waals surface area contributed by atoms with Crippen molar-refractivity contribution in [3.05, 3.63) is 48.0 Å². The van der Waals surface area contributed by atoms with Crippen molar-refractivity contribution in [1.29, 1.82) is 0 Å². The van der Waals surface area contributed by atoms with Gasteiger partial charge in [-0.25, -0.2) is 0 Å². The molecule has 1 heterocycles. The number of nitrogens with zero attached hydrogens (tertiary/aromatic N) is 1. The van der Waals surface area contributed by atoms with Crippen LogP contribution >= 0.6 is 0 Å². The van der Waals surface area contributed by atoms with Crippen LogP contribution in [0.4, 0.5) is 0 Å². The van der Waals surface area contributed by atoms with E-state index in [9.17, 15) is 0 Å². The predicted octanol–water partition coefficient (Wildman–Crippen LogP) is 3.19. The maximum atomic E-state index is 3.45. The number of likely N-dealkylation sites (N-methyl/N-ethyl adjacent to an activating group) is 1. The molecule has 2 atom stereocenters. The topological polar surface area (TPSA) is 15.3 Å². The molecule has 19 heavy (non-hydrogen) atoms. The van der Waals surface area contributed by atoms with Crippen LogP contribution in [0.2, 0.25) is 0 Å². The maximum absolute atomic E-state index is 3.45. The summed E-state index contributed by atoms with van der Waals surface area (Å²) < 4.78 is 0. The average molecular weight is 254 g/mol. The number of rotatable bonds is 3. The van der Waals surface area contributed by atoms with Crippen LogP contribution in [0.5, 0.6) is 0 Å². The van der Waals surface area contributed by atoms with E-state index in [2.05, 4.69) is 66.7 Å². The Hall–Kier alpha value is -1.38. The number of benzene rings is 2. The van der Waals surface area contributed by atoms with E-state index in [-0.39, 0.29) is 0 Å². The van der Waals surface area contributed by atoms with E-state index in [1.54, 1.807) is 0 Å². The van der Waals surface area contributed by atoms with Crippen LogP contribution in [0.15, 0.2) is 42.5 Å². The summed E-state index contributed by atoms with van der Waals surface area (Å²) >= 11 is 0. The fraction of sp³-hybridized carbons (Fsp3) is 0.412. The van der Waals surface area contributed by atoms with Crippen molar-refractivity contribution < 1.29 is 0 Å².